The molecule has 1 aliphatic heterocycles. The summed E-state index contributed by atoms with van der Waals surface area (Å²) in [4.78, 5) is 2.26. The third-order valence-corrected chi connectivity index (χ3v) is 3.46. The minimum absolute atomic E-state index is 0.00601. The van der Waals surface area contributed by atoms with E-state index in [1.54, 1.807) is 6.07 Å². The van der Waals surface area contributed by atoms with Gasteiger partial charge in [-0.3, -0.25) is 0 Å². The van der Waals surface area contributed by atoms with E-state index in [2.05, 4.69) is 11.8 Å². The Morgan fingerprint density at radius 3 is 2.76 bits per heavy atom. The van der Waals surface area contributed by atoms with Crippen molar-refractivity contribution in [2.75, 3.05) is 24.5 Å². The fraction of sp³-hybridized carbons (Fsp3) is 0.538. The second-order valence-electron chi connectivity index (χ2n) is 4.39. The van der Waals surface area contributed by atoms with Gasteiger partial charge in [-0.25, -0.2) is 8.78 Å². The van der Waals surface area contributed by atoms with Gasteiger partial charge in [0, 0.05) is 25.3 Å². The first-order valence-corrected chi connectivity index (χ1v) is 6.03. The van der Waals surface area contributed by atoms with Crippen LogP contribution in [0.4, 0.5) is 14.5 Å². The van der Waals surface area contributed by atoms with E-state index < -0.39 is 12.3 Å². The Morgan fingerprint density at radius 2 is 2.18 bits per heavy atom. The Balaban J connectivity index is 2.28. The van der Waals surface area contributed by atoms with Gasteiger partial charge in [0.2, 0.25) is 6.43 Å². The maximum Gasteiger partial charge on any atom is 0.246 e. The van der Waals surface area contributed by atoms with Crippen LogP contribution in [0.3, 0.4) is 0 Å². The zero-order chi connectivity index (χ0) is 12.4. The van der Waals surface area contributed by atoms with Gasteiger partial charge >= 0.3 is 0 Å². The molecule has 1 aliphatic rings. The summed E-state index contributed by atoms with van der Waals surface area (Å²) in [5, 5.41) is 0. The van der Waals surface area contributed by atoms with E-state index in [1.165, 1.54) is 11.3 Å². The Morgan fingerprint density at radius 1 is 1.41 bits per heavy atom. The molecule has 0 bridgehead atoms. The van der Waals surface area contributed by atoms with Gasteiger partial charge in [0.05, 0.1) is 5.92 Å². The van der Waals surface area contributed by atoms with Crippen LogP contribution < -0.4 is 10.6 Å². The molecule has 17 heavy (non-hydrogen) atoms. The van der Waals surface area contributed by atoms with Crippen molar-refractivity contribution in [3.05, 3.63) is 29.3 Å². The number of nitrogens with zero attached hydrogens (tertiary/aromatic N) is 1. The highest BCUT2D eigenvalue weighted by Gasteiger charge is 2.24. The quantitative estimate of drug-likeness (QED) is 0.875. The Kier molecular flexibility index (Phi) is 3.62. The summed E-state index contributed by atoms with van der Waals surface area (Å²) < 4.78 is 25.6. The van der Waals surface area contributed by atoms with Crippen molar-refractivity contribution in [2.24, 2.45) is 5.73 Å². The monoisotopic (exact) mass is 240 g/mol. The standard InChI is InChI=1S/C13H18F2N2/c1-2-17-6-5-10-7-9(3-4-12(10)17)11(8-16)13(14)15/h3-4,7,11,13H,2,5-6,8,16H2,1H3. The smallest absolute Gasteiger partial charge is 0.246 e. The highest BCUT2D eigenvalue weighted by atomic mass is 19.3. The summed E-state index contributed by atoms with van der Waals surface area (Å²) in [6.07, 6.45) is -1.45. The van der Waals surface area contributed by atoms with E-state index in [-0.39, 0.29) is 6.54 Å². The highest BCUT2D eigenvalue weighted by molar-refractivity contribution is 5.59. The molecule has 2 rings (SSSR count). The third-order valence-electron chi connectivity index (χ3n) is 3.46. The predicted molar refractivity (Wildman–Crippen MR) is 65.8 cm³/mol. The van der Waals surface area contributed by atoms with E-state index >= 15 is 0 Å². The molecule has 0 saturated heterocycles. The molecule has 1 aromatic rings. The lowest BCUT2D eigenvalue weighted by Gasteiger charge is -2.18. The first-order chi connectivity index (χ1) is 8.17. The SMILES string of the molecule is CCN1CCc2cc(C(CN)C(F)F)ccc21. The van der Waals surface area contributed by atoms with Crippen molar-refractivity contribution in [2.45, 2.75) is 25.7 Å². The van der Waals surface area contributed by atoms with Crippen LogP contribution in [0.5, 0.6) is 0 Å². The van der Waals surface area contributed by atoms with E-state index in [0.29, 0.717) is 5.56 Å². The molecule has 0 fully saturated rings. The van der Waals surface area contributed by atoms with Crippen LogP contribution in [0.15, 0.2) is 18.2 Å². The number of halogens is 2. The molecule has 0 saturated carbocycles. The summed E-state index contributed by atoms with van der Waals surface area (Å²) in [6, 6.07) is 5.64. The van der Waals surface area contributed by atoms with E-state index in [9.17, 15) is 8.78 Å². The minimum Gasteiger partial charge on any atom is -0.371 e. The van der Waals surface area contributed by atoms with Gasteiger partial charge < -0.3 is 10.6 Å². The van der Waals surface area contributed by atoms with Gasteiger partial charge in [0.1, 0.15) is 0 Å². The van der Waals surface area contributed by atoms with Gasteiger partial charge in [0.25, 0.3) is 0 Å². The summed E-state index contributed by atoms with van der Waals surface area (Å²) in [5.74, 6) is -0.837. The van der Waals surface area contributed by atoms with Gasteiger partial charge in [-0.2, -0.15) is 0 Å². The zero-order valence-electron chi connectivity index (χ0n) is 10.00. The maximum atomic E-state index is 12.8. The van der Waals surface area contributed by atoms with E-state index in [0.717, 1.165) is 19.5 Å². The first kappa shape index (κ1) is 12.3. The van der Waals surface area contributed by atoms with E-state index in [1.807, 2.05) is 12.1 Å². The molecule has 4 heteroatoms. The van der Waals surface area contributed by atoms with Crippen LogP contribution in [-0.2, 0) is 6.42 Å². The molecule has 0 aromatic heterocycles. The highest BCUT2D eigenvalue weighted by Crippen LogP contribution is 2.32. The van der Waals surface area contributed by atoms with Gasteiger partial charge in [0.15, 0.2) is 0 Å². The molecule has 0 radical (unpaired) electrons. The fourth-order valence-corrected chi connectivity index (χ4v) is 2.43. The Bertz CT molecular complexity index is 393. The number of alkyl halides is 2. The van der Waals surface area contributed by atoms with Crippen molar-refractivity contribution in [1.82, 2.24) is 0 Å². The van der Waals surface area contributed by atoms with Crippen molar-refractivity contribution >= 4 is 5.69 Å². The lowest BCUT2D eigenvalue weighted by molar-refractivity contribution is 0.117. The second-order valence-corrected chi connectivity index (χ2v) is 4.39. The lowest BCUT2D eigenvalue weighted by atomic mass is 9.97. The number of likely N-dealkylation sites (N-methyl/N-ethyl adjacent to an activating group) is 1. The fourth-order valence-electron chi connectivity index (χ4n) is 2.43. The largest absolute Gasteiger partial charge is 0.371 e. The topological polar surface area (TPSA) is 29.3 Å². The zero-order valence-corrected chi connectivity index (χ0v) is 10.00. The Hall–Kier alpha value is -1.16. The molecular weight excluding hydrogens is 222 g/mol. The molecule has 2 N–H and O–H groups in total. The van der Waals surface area contributed by atoms with Crippen LogP contribution in [0.1, 0.15) is 24.0 Å². The van der Waals surface area contributed by atoms with Crippen molar-refractivity contribution in [3.8, 4) is 0 Å². The van der Waals surface area contributed by atoms with Crippen molar-refractivity contribution < 1.29 is 8.78 Å². The second kappa shape index (κ2) is 5.00. The molecule has 0 aliphatic carbocycles. The summed E-state index contributed by atoms with van der Waals surface area (Å²) in [7, 11) is 0. The molecule has 0 spiro atoms. The molecule has 2 nitrogen and oxygen atoms in total. The minimum atomic E-state index is -2.39. The summed E-state index contributed by atoms with van der Waals surface area (Å²) in [6.45, 7) is 4.04. The number of benzene rings is 1. The van der Waals surface area contributed by atoms with Crippen LogP contribution in [0.2, 0.25) is 0 Å². The third kappa shape index (κ3) is 2.27. The van der Waals surface area contributed by atoms with Crippen LogP contribution in [0, 0.1) is 0 Å². The van der Waals surface area contributed by atoms with Gasteiger partial charge in [-0.1, -0.05) is 12.1 Å². The summed E-state index contributed by atoms with van der Waals surface area (Å²) in [5.41, 5.74) is 8.43. The van der Waals surface area contributed by atoms with Gasteiger partial charge in [-0.05, 0) is 30.5 Å². The first-order valence-electron chi connectivity index (χ1n) is 6.03. The molecule has 94 valence electrons. The van der Waals surface area contributed by atoms with Crippen LogP contribution >= 0.6 is 0 Å². The van der Waals surface area contributed by atoms with Crippen LogP contribution in [0.25, 0.3) is 0 Å². The molecule has 1 atom stereocenters. The lowest BCUT2D eigenvalue weighted by Crippen LogP contribution is -2.20. The average Bonchev–Trinajstić information content (AvgIpc) is 2.71. The maximum absolute atomic E-state index is 12.8. The number of hydrogen-bond acceptors (Lipinski definition) is 2. The molecule has 1 aromatic carbocycles. The molecule has 1 heterocycles. The molecule has 1 unspecified atom stereocenters. The summed E-state index contributed by atoms with van der Waals surface area (Å²) >= 11 is 0. The Labute approximate surface area is 100 Å². The van der Waals surface area contributed by atoms with Crippen LogP contribution in [-0.4, -0.2) is 26.1 Å². The molecular formula is C13H18F2N2. The number of nitrogens with two attached hydrogens (primary N) is 1. The molecule has 0 amide bonds. The number of fused-ring (bicyclic) bond motifs is 1. The average molecular weight is 240 g/mol. The van der Waals surface area contributed by atoms with Crippen molar-refractivity contribution in [1.29, 1.82) is 0 Å². The predicted octanol–water partition coefficient (Wildman–Crippen LogP) is 2.38. The van der Waals surface area contributed by atoms with E-state index in [4.69, 9.17) is 5.73 Å². The number of rotatable bonds is 4. The number of hydrogen-bond donors (Lipinski definition) is 1. The van der Waals surface area contributed by atoms with Gasteiger partial charge in [-0.15, -0.1) is 0 Å². The van der Waals surface area contributed by atoms with Crippen molar-refractivity contribution in [3.63, 3.8) is 0 Å². The normalized spacial score (nSPS) is 16.4. The number of anilines is 1.